The number of nitrogens with one attached hydrogen (secondary N) is 1. The van der Waals surface area contributed by atoms with Gasteiger partial charge in [-0.3, -0.25) is 4.98 Å². The van der Waals surface area contributed by atoms with Gasteiger partial charge in [0.25, 0.3) is 0 Å². The monoisotopic (exact) mass is 327 g/mol. The van der Waals surface area contributed by atoms with Gasteiger partial charge in [-0.2, -0.15) is 0 Å². The van der Waals surface area contributed by atoms with E-state index in [9.17, 15) is 13.2 Å². The van der Waals surface area contributed by atoms with E-state index in [0.717, 1.165) is 29.9 Å². The minimum Gasteiger partial charge on any atom is -0.478 e. The predicted octanol–water partition coefficient (Wildman–Crippen LogP) is 1.28. The average Bonchev–Trinajstić information content (AvgIpc) is 2.93. The number of carboxylic acid groups (broad SMARTS) is 1. The zero-order valence-electron chi connectivity index (χ0n) is 11.1. The third kappa shape index (κ3) is 3.84. The normalized spacial score (nSPS) is 11.5. The number of aromatic carboxylic acids is 1. The summed E-state index contributed by atoms with van der Waals surface area (Å²) in [5.41, 5.74) is 0.447. The van der Waals surface area contributed by atoms with Gasteiger partial charge in [0.05, 0.1) is 22.8 Å². The molecule has 21 heavy (non-hydrogen) atoms. The fraction of sp³-hybridized carbons (Fsp3) is 0.250. The number of aryl methyl sites for hydroxylation is 1. The van der Waals surface area contributed by atoms with Crippen molar-refractivity contribution in [2.24, 2.45) is 0 Å². The highest BCUT2D eigenvalue weighted by Gasteiger charge is 2.17. The summed E-state index contributed by atoms with van der Waals surface area (Å²) in [6.07, 6.45) is 2.99. The van der Waals surface area contributed by atoms with E-state index in [-0.39, 0.29) is 17.0 Å². The molecule has 0 atom stereocenters. The molecule has 0 radical (unpaired) electrons. The number of carbonyl (C=O) groups is 1. The van der Waals surface area contributed by atoms with Crippen LogP contribution in [0.25, 0.3) is 0 Å². The van der Waals surface area contributed by atoms with Gasteiger partial charge in [-0.25, -0.2) is 22.9 Å². The van der Waals surface area contributed by atoms with E-state index in [1.807, 2.05) is 6.92 Å². The van der Waals surface area contributed by atoms with Crippen LogP contribution in [0.2, 0.25) is 0 Å². The first-order valence-electron chi connectivity index (χ1n) is 6.03. The molecule has 0 aliphatic heterocycles. The molecule has 2 rings (SSSR count). The molecule has 0 amide bonds. The largest absolute Gasteiger partial charge is 0.478 e. The molecule has 9 heteroatoms. The number of aromatic nitrogens is 2. The van der Waals surface area contributed by atoms with Crippen molar-refractivity contribution < 1.29 is 18.3 Å². The van der Waals surface area contributed by atoms with E-state index >= 15 is 0 Å². The highest BCUT2D eigenvalue weighted by Crippen LogP contribution is 2.13. The molecule has 0 bridgehead atoms. The molecule has 2 aromatic heterocycles. The number of carboxylic acids is 1. The second-order valence-electron chi connectivity index (χ2n) is 4.13. The number of hydrogen-bond acceptors (Lipinski definition) is 6. The Morgan fingerprint density at radius 2 is 2.19 bits per heavy atom. The van der Waals surface area contributed by atoms with Crippen LogP contribution >= 0.6 is 11.3 Å². The minimum absolute atomic E-state index is 0.0517. The predicted molar refractivity (Wildman–Crippen MR) is 76.7 cm³/mol. The number of nitrogens with zero attached hydrogens (tertiary/aromatic N) is 2. The summed E-state index contributed by atoms with van der Waals surface area (Å²) >= 11 is 1.47. The van der Waals surface area contributed by atoms with Crippen molar-refractivity contribution in [3.63, 3.8) is 0 Å². The van der Waals surface area contributed by atoms with Gasteiger partial charge < -0.3 is 5.11 Å². The number of thiazole rings is 1. The average molecular weight is 327 g/mol. The first-order chi connectivity index (χ1) is 9.92. The second kappa shape index (κ2) is 6.29. The van der Waals surface area contributed by atoms with Gasteiger partial charge in [-0.05, 0) is 12.5 Å². The Hall–Kier alpha value is -1.84. The molecular formula is C12H13N3O4S2. The van der Waals surface area contributed by atoms with Crippen LogP contribution in [0.5, 0.6) is 0 Å². The van der Waals surface area contributed by atoms with Crippen LogP contribution in [0.1, 0.15) is 28.0 Å². The fourth-order valence-corrected chi connectivity index (χ4v) is 3.26. The maximum Gasteiger partial charge on any atom is 0.337 e. The Bertz CT molecular complexity index is 755. The molecule has 0 saturated heterocycles. The Morgan fingerprint density at radius 3 is 2.81 bits per heavy atom. The Balaban J connectivity index is 2.14. The number of sulfonamides is 1. The summed E-state index contributed by atoms with van der Waals surface area (Å²) in [5, 5.41) is 11.6. The summed E-state index contributed by atoms with van der Waals surface area (Å²) in [6, 6.07) is 1.07. The number of hydrogen-bond donors (Lipinski definition) is 2. The van der Waals surface area contributed by atoms with Gasteiger partial charge in [0, 0.05) is 17.8 Å². The van der Waals surface area contributed by atoms with Crippen molar-refractivity contribution in [2.45, 2.75) is 24.8 Å². The summed E-state index contributed by atoms with van der Waals surface area (Å²) < 4.78 is 26.6. The molecule has 0 saturated carbocycles. The smallest absolute Gasteiger partial charge is 0.337 e. The molecular weight excluding hydrogens is 314 g/mol. The third-order valence-corrected chi connectivity index (χ3v) is 5.03. The standard InChI is InChI=1S/C12H13N3O4S2/c1-2-11-15-9(7-20-11)5-14-21(18,19)10-3-8(12(16)17)4-13-6-10/h3-4,6-7,14H,2,5H2,1H3,(H,16,17). The first kappa shape index (κ1) is 15.5. The van der Waals surface area contributed by atoms with Crippen molar-refractivity contribution in [1.82, 2.24) is 14.7 Å². The van der Waals surface area contributed by atoms with Crippen LogP contribution in [0.15, 0.2) is 28.7 Å². The SMILES string of the molecule is CCc1nc(CNS(=O)(=O)c2cncc(C(=O)O)c2)cs1. The molecule has 112 valence electrons. The fourth-order valence-electron chi connectivity index (χ4n) is 1.53. The molecule has 2 heterocycles. The zero-order valence-corrected chi connectivity index (χ0v) is 12.7. The van der Waals surface area contributed by atoms with Gasteiger partial charge in [0.1, 0.15) is 4.90 Å². The number of rotatable bonds is 6. The Morgan fingerprint density at radius 1 is 1.43 bits per heavy atom. The van der Waals surface area contributed by atoms with E-state index < -0.39 is 16.0 Å². The molecule has 2 aromatic rings. The van der Waals surface area contributed by atoms with Crippen molar-refractivity contribution in [3.8, 4) is 0 Å². The van der Waals surface area contributed by atoms with E-state index in [4.69, 9.17) is 5.11 Å². The lowest BCUT2D eigenvalue weighted by Gasteiger charge is -2.05. The van der Waals surface area contributed by atoms with E-state index in [1.165, 1.54) is 11.3 Å². The Labute approximate surface area is 125 Å². The van der Waals surface area contributed by atoms with Crippen LogP contribution in [-0.4, -0.2) is 29.5 Å². The van der Waals surface area contributed by atoms with Gasteiger partial charge in [-0.15, -0.1) is 11.3 Å². The van der Waals surface area contributed by atoms with Crippen molar-refractivity contribution in [1.29, 1.82) is 0 Å². The summed E-state index contributed by atoms with van der Waals surface area (Å²) in [7, 11) is -3.82. The van der Waals surface area contributed by atoms with Crippen LogP contribution < -0.4 is 4.72 Å². The van der Waals surface area contributed by atoms with E-state index in [0.29, 0.717) is 5.69 Å². The van der Waals surface area contributed by atoms with E-state index in [1.54, 1.807) is 5.38 Å². The zero-order chi connectivity index (χ0) is 15.5. The topological polar surface area (TPSA) is 109 Å². The van der Waals surface area contributed by atoms with Gasteiger partial charge in [0.2, 0.25) is 10.0 Å². The van der Waals surface area contributed by atoms with Crippen LogP contribution in [0.4, 0.5) is 0 Å². The maximum atomic E-state index is 12.1. The maximum absolute atomic E-state index is 12.1. The van der Waals surface area contributed by atoms with Crippen LogP contribution in [-0.2, 0) is 23.0 Å². The quantitative estimate of drug-likeness (QED) is 0.827. The Kier molecular flexibility index (Phi) is 4.66. The van der Waals surface area contributed by atoms with Crippen LogP contribution in [0.3, 0.4) is 0 Å². The van der Waals surface area contributed by atoms with Gasteiger partial charge in [0.15, 0.2) is 0 Å². The summed E-state index contributed by atoms with van der Waals surface area (Å²) in [4.78, 5) is 18.5. The highest BCUT2D eigenvalue weighted by molar-refractivity contribution is 7.89. The lowest BCUT2D eigenvalue weighted by atomic mass is 10.3. The van der Waals surface area contributed by atoms with Gasteiger partial charge in [-0.1, -0.05) is 6.92 Å². The molecule has 0 aliphatic rings. The molecule has 0 aliphatic carbocycles. The lowest BCUT2D eigenvalue weighted by Crippen LogP contribution is -2.24. The molecule has 0 fully saturated rings. The minimum atomic E-state index is -3.82. The van der Waals surface area contributed by atoms with Crippen molar-refractivity contribution in [2.75, 3.05) is 0 Å². The molecule has 0 spiro atoms. The third-order valence-electron chi connectivity index (χ3n) is 2.62. The molecule has 7 nitrogen and oxygen atoms in total. The number of pyridine rings is 1. The summed E-state index contributed by atoms with van der Waals surface area (Å²) in [6.45, 7) is 2.02. The first-order valence-corrected chi connectivity index (χ1v) is 8.40. The molecule has 0 unspecified atom stereocenters. The summed E-state index contributed by atoms with van der Waals surface area (Å²) in [5.74, 6) is -1.23. The van der Waals surface area contributed by atoms with E-state index in [2.05, 4.69) is 14.7 Å². The second-order valence-corrected chi connectivity index (χ2v) is 6.83. The lowest BCUT2D eigenvalue weighted by molar-refractivity contribution is 0.0696. The van der Waals surface area contributed by atoms with Crippen LogP contribution in [0, 0.1) is 0 Å². The molecule has 2 N–H and O–H groups in total. The van der Waals surface area contributed by atoms with Crippen molar-refractivity contribution in [3.05, 3.63) is 40.1 Å². The molecule has 0 aromatic carbocycles. The van der Waals surface area contributed by atoms with Gasteiger partial charge >= 0.3 is 5.97 Å². The van der Waals surface area contributed by atoms with Crippen molar-refractivity contribution >= 4 is 27.3 Å². The highest BCUT2D eigenvalue weighted by atomic mass is 32.2.